The van der Waals surface area contributed by atoms with Gasteiger partial charge < -0.3 is 30.2 Å². The molecule has 0 atom stereocenters. The van der Waals surface area contributed by atoms with Crippen LogP contribution in [0.2, 0.25) is 0 Å². The summed E-state index contributed by atoms with van der Waals surface area (Å²) < 4.78 is 69.7. The van der Waals surface area contributed by atoms with Crippen molar-refractivity contribution in [3.05, 3.63) is 71.2 Å². The molecule has 0 unspecified atom stereocenters. The molecule has 3 N–H and O–H groups in total. The lowest BCUT2D eigenvalue weighted by Crippen LogP contribution is -2.82. The molecule has 2 amide bonds. The van der Waals surface area contributed by atoms with Crippen LogP contribution in [-0.2, 0) is 10.9 Å². The molecule has 2 aromatic carbocycles. The van der Waals surface area contributed by atoms with Crippen molar-refractivity contribution in [3.8, 4) is 11.5 Å². The van der Waals surface area contributed by atoms with Gasteiger partial charge in [-0.3, -0.25) is 14.5 Å². The highest BCUT2D eigenvalue weighted by atomic mass is 19.4. The Labute approximate surface area is 256 Å². The Balaban J connectivity index is 1.23. The number of ether oxygens (including phenoxy) is 3. The van der Waals surface area contributed by atoms with Crippen LogP contribution in [0.1, 0.15) is 45.5 Å². The number of halogens is 4. The first-order valence-electron chi connectivity index (χ1n) is 14.3. The normalized spacial score (nSPS) is 22.4. The second-order valence-electron chi connectivity index (χ2n) is 11.5. The maximum atomic E-state index is 13.8. The summed E-state index contributed by atoms with van der Waals surface area (Å²) in [5.74, 6) is -2.12. The van der Waals surface area contributed by atoms with Crippen molar-refractivity contribution in [1.82, 2.24) is 9.88 Å². The molecule has 238 valence electrons. The highest BCUT2D eigenvalue weighted by Gasteiger charge is 2.70. The largest absolute Gasteiger partial charge is 0.497 e. The third-order valence-corrected chi connectivity index (χ3v) is 8.68. The number of carbonyl (C=O) groups is 2. The van der Waals surface area contributed by atoms with Gasteiger partial charge in [0.1, 0.15) is 28.7 Å². The lowest BCUT2D eigenvalue weighted by molar-refractivity contribution is -0.172. The second kappa shape index (κ2) is 11.5. The van der Waals surface area contributed by atoms with E-state index in [1.54, 1.807) is 6.07 Å². The Kier molecular flexibility index (Phi) is 7.81. The van der Waals surface area contributed by atoms with Crippen molar-refractivity contribution in [2.75, 3.05) is 56.5 Å². The van der Waals surface area contributed by atoms with Gasteiger partial charge >= 0.3 is 6.18 Å². The first kappa shape index (κ1) is 30.6. The Hall–Kier alpha value is -4.43. The fourth-order valence-electron chi connectivity index (χ4n) is 6.57. The van der Waals surface area contributed by atoms with Crippen LogP contribution in [0.4, 0.5) is 34.8 Å². The predicted octanol–water partition coefficient (Wildman–Crippen LogP) is 5.18. The summed E-state index contributed by atoms with van der Waals surface area (Å²) in [5.41, 5.74) is -1.82. The van der Waals surface area contributed by atoms with Gasteiger partial charge in [0, 0.05) is 36.1 Å². The average molecular weight is 630 g/mol. The molecule has 3 aromatic rings. The number of nitrogens with zero attached hydrogens (tertiary/aromatic N) is 2. The topological polar surface area (TPSA) is 114 Å². The van der Waals surface area contributed by atoms with Gasteiger partial charge in [0.05, 0.1) is 44.2 Å². The van der Waals surface area contributed by atoms with Crippen LogP contribution in [0.5, 0.6) is 11.5 Å². The number of aromatic nitrogens is 1. The van der Waals surface area contributed by atoms with Gasteiger partial charge in [-0.05, 0) is 61.7 Å². The SMILES string of the molecule is COc1ccc(NC(=O)c2c(OC)ccnc2NC23CC(N4CCOCC4)(C2)C3)c(C(=O)Nc2ccc(F)c(C(F)(F)F)c2)c1. The smallest absolute Gasteiger partial charge is 0.419 e. The number of alkyl halides is 3. The van der Waals surface area contributed by atoms with Crippen LogP contribution in [0, 0.1) is 5.82 Å². The molecule has 10 nitrogen and oxygen atoms in total. The van der Waals surface area contributed by atoms with Gasteiger partial charge in [-0.2, -0.15) is 13.2 Å². The number of anilines is 3. The van der Waals surface area contributed by atoms with Crippen molar-refractivity contribution in [2.45, 2.75) is 36.5 Å². The summed E-state index contributed by atoms with van der Waals surface area (Å²) in [6, 6.07) is 7.94. The summed E-state index contributed by atoms with van der Waals surface area (Å²) in [5, 5.41) is 8.54. The number of hydrogen-bond donors (Lipinski definition) is 3. The average Bonchev–Trinajstić information content (AvgIpc) is 2.98. The summed E-state index contributed by atoms with van der Waals surface area (Å²) >= 11 is 0. The Morgan fingerprint density at radius 2 is 1.69 bits per heavy atom. The van der Waals surface area contributed by atoms with Crippen molar-refractivity contribution < 1.29 is 41.4 Å². The number of nitrogens with one attached hydrogen (secondary N) is 3. The molecule has 2 bridgehead atoms. The fraction of sp³-hybridized carbons (Fsp3) is 0.387. The molecular formula is C31H31F4N5O5. The molecule has 1 saturated heterocycles. The molecule has 1 aliphatic heterocycles. The van der Waals surface area contributed by atoms with E-state index >= 15 is 0 Å². The predicted molar refractivity (Wildman–Crippen MR) is 156 cm³/mol. The Morgan fingerprint density at radius 1 is 0.956 bits per heavy atom. The van der Waals surface area contributed by atoms with Crippen molar-refractivity contribution in [3.63, 3.8) is 0 Å². The first-order valence-corrected chi connectivity index (χ1v) is 14.3. The van der Waals surface area contributed by atoms with E-state index in [0.717, 1.165) is 38.4 Å². The molecule has 3 saturated carbocycles. The number of morpholine rings is 1. The van der Waals surface area contributed by atoms with E-state index in [4.69, 9.17) is 14.2 Å². The van der Waals surface area contributed by atoms with Crippen LogP contribution in [-0.4, -0.2) is 73.3 Å². The number of benzene rings is 2. The van der Waals surface area contributed by atoms with Crippen LogP contribution in [0.15, 0.2) is 48.7 Å². The maximum absolute atomic E-state index is 13.8. The standard InChI is InChI=1S/C31H31F4N5O5/c1-43-19-4-6-23(20(14-19)27(41)37-18-3-5-22(32)21(13-18)31(33,34)35)38-28(42)25-24(44-2)7-8-36-26(25)39-29-15-30(16-29,17-29)40-9-11-45-12-10-40/h3-8,13-14H,9-12,15-17H2,1-2H3,(H,36,39)(H,37,41)(H,38,42). The van der Waals surface area contributed by atoms with E-state index in [2.05, 4.69) is 25.8 Å². The van der Waals surface area contributed by atoms with E-state index in [1.807, 2.05) is 0 Å². The van der Waals surface area contributed by atoms with E-state index in [-0.39, 0.29) is 45.1 Å². The third-order valence-electron chi connectivity index (χ3n) is 8.68. The summed E-state index contributed by atoms with van der Waals surface area (Å²) in [6.07, 6.45) is -0.713. The van der Waals surface area contributed by atoms with Crippen molar-refractivity contribution in [2.24, 2.45) is 0 Å². The van der Waals surface area contributed by atoms with Crippen LogP contribution >= 0.6 is 0 Å². The lowest BCUT2D eigenvalue weighted by Gasteiger charge is -2.74. The number of amides is 2. The Morgan fingerprint density at radius 3 is 2.36 bits per heavy atom. The van der Waals surface area contributed by atoms with Gasteiger partial charge in [-0.25, -0.2) is 9.37 Å². The molecule has 1 aromatic heterocycles. The van der Waals surface area contributed by atoms with Gasteiger partial charge in [0.15, 0.2) is 0 Å². The number of methoxy groups -OCH3 is 2. The van der Waals surface area contributed by atoms with Crippen molar-refractivity contribution >= 4 is 29.0 Å². The zero-order valence-corrected chi connectivity index (χ0v) is 24.5. The first-order chi connectivity index (χ1) is 21.5. The minimum atomic E-state index is -4.96. The zero-order chi connectivity index (χ0) is 32.0. The van der Waals surface area contributed by atoms with Gasteiger partial charge in [-0.15, -0.1) is 0 Å². The monoisotopic (exact) mass is 629 g/mol. The number of carbonyl (C=O) groups excluding carboxylic acids is 2. The van der Waals surface area contributed by atoms with Crippen LogP contribution < -0.4 is 25.4 Å². The van der Waals surface area contributed by atoms with E-state index < -0.39 is 29.4 Å². The molecule has 4 aliphatic rings. The molecule has 4 fully saturated rings. The minimum absolute atomic E-state index is 0.0464. The molecule has 7 rings (SSSR count). The molecule has 0 radical (unpaired) electrons. The van der Waals surface area contributed by atoms with Crippen molar-refractivity contribution in [1.29, 1.82) is 0 Å². The highest BCUT2D eigenvalue weighted by Crippen LogP contribution is 2.65. The number of pyridine rings is 1. The van der Waals surface area contributed by atoms with Gasteiger partial charge in [0.25, 0.3) is 11.8 Å². The lowest BCUT2D eigenvalue weighted by atomic mass is 9.43. The second-order valence-corrected chi connectivity index (χ2v) is 11.5. The Bertz CT molecular complexity index is 1620. The van der Waals surface area contributed by atoms with E-state index in [9.17, 15) is 27.2 Å². The summed E-state index contributed by atoms with van der Waals surface area (Å²) in [6.45, 7) is 3.22. The van der Waals surface area contributed by atoms with E-state index in [1.165, 1.54) is 38.6 Å². The fourth-order valence-corrected chi connectivity index (χ4v) is 6.57. The number of hydrogen-bond acceptors (Lipinski definition) is 8. The van der Waals surface area contributed by atoms with Gasteiger partial charge in [-0.1, -0.05) is 0 Å². The molecule has 3 aliphatic carbocycles. The molecule has 14 heteroatoms. The minimum Gasteiger partial charge on any atom is -0.497 e. The zero-order valence-electron chi connectivity index (χ0n) is 24.5. The molecule has 45 heavy (non-hydrogen) atoms. The highest BCUT2D eigenvalue weighted by molar-refractivity contribution is 6.14. The van der Waals surface area contributed by atoms with Crippen LogP contribution in [0.3, 0.4) is 0 Å². The van der Waals surface area contributed by atoms with Gasteiger partial charge in [0.2, 0.25) is 0 Å². The summed E-state index contributed by atoms with van der Waals surface area (Å²) in [4.78, 5) is 34.0. The molecular weight excluding hydrogens is 598 g/mol. The molecule has 0 spiro atoms. The summed E-state index contributed by atoms with van der Waals surface area (Å²) in [7, 11) is 2.80. The van der Waals surface area contributed by atoms with E-state index in [0.29, 0.717) is 31.2 Å². The van der Waals surface area contributed by atoms with Crippen LogP contribution in [0.25, 0.3) is 0 Å². The maximum Gasteiger partial charge on any atom is 0.419 e. The molecule has 2 heterocycles. The third kappa shape index (κ3) is 5.75. The quantitative estimate of drug-likeness (QED) is 0.278. The number of rotatable bonds is 9.